The molecule has 1 aliphatic rings. The quantitative estimate of drug-likeness (QED) is 0.864. The van der Waals surface area contributed by atoms with Gasteiger partial charge in [-0.2, -0.15) is 5.10 Å². The minimum absolute atomic E-state index is 0.00791. The number of nitrogens with one attached hydrogen (secondary N) is 1. The molecule has 0 atom stereocenters. The van der Waals surface area contributed by atoms with Crippen LogP contribution < -0.4 is 5.32 Å². The summed E-state index contributed by atoms with van der Waals surface area (Å²) in [6.07, 6.45) is 2.90. The lowest BCUT2D eigenvalue weighted by Gasteiger charge is -2.39. The molecule has 1 aromatic heterocycles. The van der Waals surface area contributed by atoms with Crippen molar-refractivity contribution in [1.29, 1.82) is 0 Å². The Morgan fingerprint density at radius 1 is 1.38 bits per heavy atom. The maximum atomic E-state index is 12.3. The number of nitrogens with zero attached hydrogens (tertiary/aromatic N) is 3. The van der Waals surface area contributed by atoms with Crippen LogP contribution in [-0.2, 0) is 17.3 Å². The second kappa shape index (κ2) is 7.23. The third-order valence-electron chi connectivity index (χ3n) is 5.29. The monoisotopic (exact) mass is 336 g/mol. The Kier molecular flexibility index (Phi) is 5.71. The molecule has 0 aliphatic carbocycles. The molecule has 0 aromatic carbocycles. The standard InChI is InChI=1S/C18H32N4O2/c1-6-18(13-23)7-9-22(10-8-18)12-16(24)19-15-11-14(17(2,3)4)20-21(15)5/h11,23H,6-10,12-13H2,1-5H3,(H,19,24). The van der Waals surface area contributed by atoms with E-state index in [9.17, 15) is 9.90 Å². The number of rotatable bonds is 5. The molecule has 0 unspecified atom stereocenters. The molecular weight excluding hydrogens is 304 g/mol. The van der Waals surface area contributed by atoms with Crippen LogP contribution in [0.1, 0.15) is 52.7 Å². The SMILES string of the molecule is CCC1(CO)CCN(CC(=O)Nc2cc(C(C)(C)C)nn2C)CC1. The van der Waals surface area contributed by atoms with Crippen molar-refractivity contribution >= 4 is 11.7 Å². The van der Waals surface area contributed by atoms with Crippen LogP contribution in [0.5, 0.6) is 0 Å². The lowest BCUT2D eigenvalue weighted by Crippen LogP contribution is -2.44. The molecule has 24 heavy (non-hydrogen) atoms. The van der Waals surface area contributed by atoms with Crippen molar-refractivity contribution in [2.45, 2.75) is 52.4 Å². The molecule has 2 heterocycles. The first-order chi connectivity index (χ1) is 11.2. The third-order valence-corrected chi connectivity index (χ3v) is 5.29. The molecule has 0 saturated carbocycles. The molecule has 0 radical (unpaired) electrons. The van der Waals surface area contributed by atoms with Crippen molar-refractivity contribution in [2.24, 2.45) is 12.5 Å². The number of aryl methyl sites for hydroxylation is 1. The first kappa shape index (κ1) is 18.9. The normalized spacial score (nSPS) is 18.6. The topological polar surface area (TPSA) is 70.4 Å². The van der Waals surface area contributed by atoms with Gasteiger partial charge in [0, 0.05) is 25.1 Å². The number of amides is 1. The number of aliphatic hydroxyl groups excluding tert-OH is 1. The Morgan fingerprint density at radius 3 is 2.46 bits per heavy atom. The van der Waals surface area contributed by atoms with Crippen LogP contribution in [0, 0.1) is 5.41 Å². The smallest absolute Gasteiger partial charge is 0.239 e. The van der Waals surface area contributed by atoms with Gasteiger partial charge >= 0.3 is 0 Å². The van der Waals surface area contributed by atoms with Crippen LogP contribution in [0.15, 0.2) is 6.07 Å². The molecule has 0 bridgehead atoms. The number of aliphatic hydroxyl groups is 1. The summed E-state index contributed by atoms with van der Waals surface area (Å²) in [5.41, 5.74) is 0.979. The summed E-state index contributed by atoms with van der Waals surface area (Å²) in [4.78, 5) is 14.5. The molecular formula is C18H32N4O2. The minimum atomic E-state index is -0.0403. The van der Waals surface area contributed by atoms with E-state index in [-0.39, 0.29) is 23.3 Å². The number of carbonyl (C=O) groups is 1. The summed E-state index contributed by atoms with van der Waals surface area (Å²) in [5, 5.41) is 17.0. The summed E-state index contributed by atoms with van der Waals surface area (Å²) >= 11 is 0. The average Bonchev–Trinajstić information content (AvgIpc) is 2.89. The van der Waals surface area contributed by atoms with Gasteiger partial charge in [-0.1, -0.05) is 27.7 Å². The van der Waals surface area contributed by atoms with Crippen LogP contribution in [0.25, 0.3) is 0 Å². The molecule has 136 valence electrons. The first-order valence-corrected chi connectivity index (χ1v) is 8.87. The zero-order chi connectivity index (χ0) is 18.0. The highest BCUT2D eigenvalue weighted by atomic mass is 16.3. The van der Waals surface area contributed by atoms with Crippen LogP contribution in [0.4, 0.5) is 5.82 Å². The van der Waals surface area contributed by atoms with Crippen LogP contribution >= 0.6 is 0 Å². The predicted octanol–water partition coefficient (Wildman–Crippen LogP) is 2.14. The summed E-state index contributed by atoms with van der Waals surface area (Å²) in [7, 11) is 1.85. The fourth-order valence-corrected chi connectivity index (χ4v) is 3.15. The van der Waals surface area contributed by atoms with E-state index in [0.717, 1.165) is 43.9 Å². The van der Waals surface area contributed by atoms with E-state index in [1.165, 1.54) is 0 Å². The van der Waals surface area contributed by atoms with E-state index >= 15 is 0 Å². The van der Waals surface area contributed by atoms with Gasteiger partial charge in [0.1, 0.15) is 5.82 Å². The zero-order valence-electron chi connectivity index (χ0n) is 15.7. The molecule has 6 heteroatoms. The molecule has 2 N–H and O–H groups in total. The van der Waals surface area contributed by atoms with Crippen molar-refractivity contribution in [2.75, 3.05) is 31.6 Å². The fourth-order valence-electron chi connectivity index (χ4n) is 3.15. The van der Waals surface area contributed by atoms with Crippen LogP contribution in [0.3, 0.4) is 0 Å². The maximum absolute atomic E-state index is 12.3. The highest BCUT2D eigenvalue weighted by Gasteiger charge is 2.32. The minimum Gasteiger partial charge on any atom is -0.396 e. The van der Waals surface area contributed by atoms with E-state index in [0.29, 0.717) is 6.54 Å². The Bertz CT molecular complexity index is 560. The Labute approximate surface area is 145 Å². The van der Waals surface area contributed by atoms with E-state index < -0.39 is 0 Å². The number of anilines is 1. The Balaban J connectivity index is 1.90. The second-order valence-corrected chi connectivity index (χ2v) is 8.12. The van der Waals surface area contributed by atoms with Crippen molar-refractivity contribution < 1.29 is 9.90 Å². The van der Waals surface area contributed by atoms with Gasteiger partial charge in [0.25, 0.3) is 0 Å². The van der Waals surface area contributed by atoms with Crippen LogP contribution in [0.2, 0.25) is 0 Å². The Hall–Kier alpha value is -1.40. The van der Waals surface area contributed by atoms with Crippen molar-refractivity contribution in [3.8, 4) is 0 Å². The van der Waals surface area contributed by atoms with E-state index in [2.05, 4.69) is 43.0 Å². The molecule has 1 aromatic rings. The number of hydrogen-bond acceptors (Lipinski definition) is 4. The van der Waals surface area contributed by atoms with E-state index in [1.807, 2.05) is 13.1 Å². The van der Waals surface area contributed by atoms with Gasteiger partial charge in [0.05, 0.1) is 12.2 Å². The molecule has 1 saturated heterocycles. The van der Waals surface area contributed by atoms with E-state index in [4.69, 9.17) is 0 Å². The van der Waals surface area contributed by atoms with Gasteiger partial charge < -0.3 is 10.4 Å². The van der Waals surface area contributed by atoms with Gasteiger partial charge in [-0.15, -0.1) is 0 Å². The fraction of sp³-hybridized carbons (Fsp3) is 0.778. The number of piperidine rings is 1. The lowest BCUT2D eigenvalue weighted by molar-refractivity contribution is -0.118. The van der Waals surface area contributed by atoms with E-state index in [1.54, 1.807) is 4.68 Å². The summed E-state index contributed by atoms with van der Waals surface area (Å²) in [5.74, 6) is 0.728. The lowest BCUT2D eigenvalue weighted by atomic mass is 9.77. The second-order valence-electron chi connectivity index (χ2n) is 8.12. The molecule has 1 aliphatic heterocycles. The summed E-state index contributed by atoms with van der Waals surface area (Å²) in [6, 6.07) is 1.95. The third kappa shape index (κ3) is 4.36. The molecule has 1 fully saturated rings. The first-order valence-electron chi connectivity index (χ1n) is 8.87. The van der Waals surface area contributed by atoms with Gasteiger partial charge in [0.15, 0.2) is 0 Å². The average molecular weight is 336 g/mol. The predicted molar refractivity (Wildman–Crippen MR) is 96.0 cm³/mol. The highest BCUT2D eigenvalue weighted by Crippen LogP contribution is 2.34. The van der Waals surface area contributed by atoms with Gasteiger partial charge in [0.2, 0.25) is 5.91 Å². The Morgan fingerprint density at radius 2 is 2.00 bits per heavy atom. The maximum Gasteiger partial charge on any atom is 0.239 e. The van der Waals surface area contributed by atoms with Crippen molar-refractivity contribution in [1.82, 2.24) is 14.7 Å². The van der Waals surface area contributed by atoms with Gasteiger partial charge in [-0.25, -0.2) is 0 Å². The molecule has 2 rings (SSSR count). The van der Waals surface area contributed by atoms with Crippen molar-refractivity contribution in [3.05, 3.63) is 11.8 Å². The summed E-state index contributed by atoms with van der Waals surface area (Å²) < 4.78 is 1.72. The number of aromatic nitrogens is 2. The number of carbonyl (C=O) groups excluding carboxylic acids is 1. The summed E-state index contributed by atoms with van der Waals surface area (Å²) in [6.45, 7) is 10.8. The number of likely N-dealkylation sites (tertiary alicyclic amines) is 1. The zero-order valence-corrected chi connectivity index (χ0v) is 15.7. The largest absolute Gasteiger partial charge is 0.396 e. The molecule has 0 spiro atoms. The molecule has 6 nitrogen and oxygen atoms in total. The molecule has 1 amide bonds. The van der Waals surface area contributed by atoms with Gasteiger partial charge in [-0.3, -0.25) is 14.4 Å². The van der Waals surface area contributed by atoms with Crippen molar-refractivity contribution in [3.63, 3.8) is 0 Å². The van der Waals surface area contributed by atoms with Gasteiger partial charge in [-0.05, 0) is 37.8 Å². The van der Waals surface area contributed by atoms with Crippen LogP contribution in [-0.4, -0.2) is 51.9 Å². The highest BCUT2D eigenvalue weighted by molar-refractivity contribution is 5.91. The number of hydrogen-bond donors (Lipinski definition) is 2.